The zero-order valence-corrected chi connectivity index (χ0v) is 10.8. The van der Waals surface area contributed by atoms with Crippen LogP contribution in [0, 0.1) is 6.92 Å². The number of rotatable bonds is 2. The van der Waals surface area contributed by atoms with Gasteiger partial charge in [-0.1, -0.05) is 53.6 Å². The molecule has 0 spiro atoms. The van der Waals surface area contributed by atoms with Crippen LogP contribution in [-0.4, -0.2) is 0 Å². The first-order valence-electron chi connectivity index (χ1n) is 5.70. The van der Waals surface area contributed by atoms with E-state index in [2.05, 4.69) is 37.3 Å². The van der Waals surface area contributed by atoms with Crippen LogP contribution in [0.5, 0.6) is 0 Å². The van der Waals surface area contributed by atoms with Gasteiger partial charge in [-0.2, -0.15) is 0 Å². The maximum absolute atomic E-state index is 6.23. The molecule has 0 amide bonds. The van der Waals surface area contributed by atoms with E-state index in [4.69, 9.17) is 17.3 Å². The van der Waals surface area contributed by atoms with E-state index >= 15 is 0 Å². The van der Waals surface area contributed by atoms with Crippen molar-refractivity contribution in [3.8, 4) is 11.1 Å². The van der Waals surface area contributed by atoms with Crippen molar-refractivity contribution in [2.45, 2.75) is 19.9 Å². The van der Waals surface area contributed by atoms with Crippen molar-refractivity contribution in [3.63, 3.8) is 0 Å². The Kier molecular flexibility index (Phi) is 3.51. The molecular weight excluding hydrogens is 230 g/mol. The molecule has 0 aliphatic rings. The number of nitrogens with two attached hydrogens (primary N) is 1. The highest BCUT2D eigenvalue weighted by Gasteiger charge is 2.06. The molecule has 88 valence electrons. The molecule has 0 bridgehead atoms. The van der Waals surface area contributed by atoms with Crippen LogP contribution in [0.25, 0.3) is 11.1 Å². The second-order valence-electron chi connectivity index (χ2n) is 4.39. The zero-order valence-electron chi connectivity index (χ0n) is 10.1. The SMILES string of the molecule is Cc1ccc(-c2ccc(C(C)N)c(Cl)c2)cc1. The fourth-order valence-corrected chi connectivity index (χ4v) is 2.17. The highest BCUT2D eigenvalue weighted by atomic mass is 35.5. The molecule has 0 heterocycles. The van der Waals surface area contributed by atoms with Crippen molar-refractivity contribution >= 4 is 11.6 Å². The van der Waals surface area contributed by atoms with E-state index in [1.165, 1.54) is 11.1 Å². The second-order valence-corrected chi connectivity index (χ2v) is 4.80. The van der Waals surface area contributed by atoms with Gasteiger partial charge in [-0.3, -0.25) is 0 Å². The van der Waals surface area contributed by atoms with Crippen molar-refractivity contribution in [2.24, 2.45) is 5.73 Å². The molecule has 0 aliphatic carbocycles. The Morgan fingerprint density at radius 3 is 2.12 bits per heavy atom. The van der Waals surface area contributed by atoms with Gasteiger partial charge >= 0.3 is 0 Å². The number of halogens is 1. The molecule has 17 heavy (non-hydrogen) atoms. The van der Waals surface area contributed by atoms with Crippen molar-refractivity contribution < 1.29 is 0 Å². The van der Waals surface area contributed by atoms with E-state index in [1.807, 2.05) is 19.1 Å². The largest absolute Gasteiger partial charge is 0.324 e. The Bertz CT molecular complexity index is 515. The molecule has 0 fully saturated rings. The molecule has 2 heteroatoms. The Morgan fingerprint density at radius 1 is 1.00 bits per heavy atom. The quantitative estimate of drug-likeness (QED) is 0.837. The number of benzene rings is 2. The number of aryl methyl sites for hydroxylation is 1. The summed E-state index contributed by atoms with van der Waals surface area (Å²) in [4.78, 5) is 0. The number of hydrogen-bond acceptors (Lipinski definition) is 1. The van der Waals surface area contributed by atoms with E-state index in [0.29, 0.717) is 0 Å². The average Bonchev–Trinajstić information content (AvgIpc) is 2.29. The van der Waals surface area contributed by atoms with Crippen LogP contribution in [0.2, 0.25) is 5.02 Å². The first kappa shape index (κ1) is 12.2. The Labute approximate surface area is 107 Å². The van der Waals surface area contributed by atoms with E-state index in [9.17, 15) is 0 Å². The van der Waals surface area contributed by atoms with Crippen LogP contribution >= 0.6 is 11.6 Å². The maximum Gasteiger partial charge on any atom is 0.0459 e. The summed E-state index contributed by atoms with van der Waals surface area (Å²) in [5.41, 5.74) is 10.4. The molecule has 0 aliphatic heterocycles. The zero-order chi connectivity index (χ0) is 12.4. The van der Waals surface area contributed by atoms with Crippen molar-refractivity contribution in [1.82, 2.24) is 0 Å². The summed E-state index contributed by atoms with van der Waals surface area (Å²) in [6.45, 7) is 4.02. The summed E-state index contributed by atoms with van der Waals surface area (Å²) < 4.78 is 0. The summed E-state index contributed by atoms with van der Waals surface area (Å²) in [6.07, 6.45) is 0. The summed E-state index contributed by atoms with van der Waals surface area (Å²) in [6, 6.07) is 14.4. The molecule has 2 N–H and O–H groups in total. The molecule has 2 rings (SSSR count). The molecule has 1 atom stereocenters. The second kappa shape index (κ2) is 4.91. The minimum Gasteiger partial charge on any atom is -0.324 e. The lowest BCUT2D eigenvalue weighted by molar-refractivity contribution is 0.819. The van der Waals surface area contributed by atoms with E-state index in [1.54, 1.807) is 0 Å². The first-order chi connectivity index (χ1) is 8.08. The van der Waals surface area contributed by atoms with E-state index in [-0.39, 0.29) is 6.04 Å². The maximum atomic E-state index is 6.23. The van der Waals surface area contributed by atoms with Gasteiger partial charge in [0.15, 0.2) is 0 Å². The lowest BCUT2D eigenvalue weighted by atomic mass is 10.0. The molecule has 2 aromatic rings. The Morgan fingerprint density at radius 2 is 1.59 bits per heavy atom. The summed E-state index contributed by atoms with van der Waals surface area (Å²) in [5, 5.41) is 0.734. The Hall–Kier alpha value is -1.31. The van der Waals surface area contributed by atoms with Crippen LogP contribution in [0.3, 0.4) is 0 Å². The van der Waals surface area contributed by atoms with Crippen LogP contribution in [0.4, 0.5) is 0 Å². The lowest BCUT2D eigenvalue weighted by Gasteiger charge is -2.10. The molecule has 0 saturated carbocycles. The topological polar surface area (TPSA) is 26.0 Å². The van der Waals surface area contributed by atoms with Crippen LogP contribution < -0.4 is 5.73 Å². The van der Waals surface area contributed by atoms with Gasteiger partial charge in [0.25, 0.3) is 0 Å². The lowest BCUT2D eigenvalue weighted by Crippen LogP contribution is -2.05. The van der Waals surface area contributed by atoms with Crippen LogP contribution in [0.1, 0.15) is 24.1 Å². The van der Waals surface area contributed by atoms with Gasteiger partial charge in [0.2, 0.25) is 0 Å². The molecule has 0 radical (unpaired) electrons. The van der Waals surface area contributed by atoms with Crippen molar-refractivity contribution in [1.29, 1.82) is 0 Å². The first-order valence-corrected chi connectivity index (χ1v) is 6.08. The predicted octanol–water partition coefficient (Wildman–Crippen LogP) is 4.34. The third-order valence-corrected chi connectivity index (χ3v) is 3.20. The predicted molar refractivity (Wildman–Crippen MR) is 74.2 cm³/mol. The normalized spacial score (nSPS) is 12.5. The average molecular weight is 246 g/mol. The van der Waals surface area contributed by atoms with Crippen molar-refractivity contribution in [2.75, 3.05) is 0 Å². The molecule has 1 unspecified atom stereocenters. The minimum absolute atomic E-state index is 0.0328. The van der Waals surface area contributed by atoms with Gasteiger partial charge in [-0.05, 0) is 36.6 Å². The standard InChI is InChI=1S/C15H16ClN/c1-10-3-5-12(6-4-10)13-7-8-14(11(2)17)15(16)9-13/h3-9,11H,17H2,1-2H3. The smallest absolute Gasteiger partial charge is 0.0459 e. The monoisotopic (exact) mass is 245 g/mol. The molecular formula is C15H16ClN. The highest BCUT2D eigenvalue weighted by molar-refractivity contribution is 6.31. The third-order valence-electron chi connectivity index (χ3n) is 2.88. The summed E-state index contributed by atoms with van der Waals surface area (Å²) in [7, 11) is 0. The Balaban J connectivity index is 2.41. The molecule has 0 saturated heterocycles. The van der Waals surface area contributed by atoms with Gasteiger partial charge in [-0.25, -0.2) is 0 Å². The molecule has 2 aromatic carbocycles. The summed E-state index contributed by atoms with van der Waals surface area (Å²) >= 11 is 6.23. The third kappa shape index (κ3) is 2.68. The van der Waals surface area contributed by atoms with Gasteiger partial charge in [0.05, 0.1) is 0 Å². The fraction of sp³-hybridized carbons (Fsp3) is 0.200. The van der Waals surface area contributed by atoms with Crippen LogP contribution in [0.15, 0.2) is 42.5 Å². The van der Waals surface area contributed by atoms with Gasteiger partial charge in [0.1, 0.15) is 0 Å². The van der Waals surface area contributed by atoms with E-state index in [0.717, 1.165) is 16.1 Å². The fourth-order valence-electron chi connectivity index (χ4n) is 1.82. The van der Waals surface area contributed by atoms with E-state index < -0.39 is 0 Å². The van der Waals surface area contributed by atoms with Gasteiger partial charge in [0, 0.05) is 11.1 Å². The molecule has 0 aromatic heterocycles. The molecule has 1 nitrogen and oxygen atoms in total. The van der Waals surface area contributed by atoms with Crippen molar-refractivity contribution in [3.05, 3.63) is 58.6 Å². The minimum atomic E-state index is -0.0328. The highest BCUT2D eigenvalue weighted by Crippen LogP contribution is 2.28. The van der Waals surface area contributed by atoms with Gasteiger partial charge in [-0.15, -0.1) is 0 Å². The number of hydrogen-bond donors (Lipinski definition) is 1. The summed E-state index contributed by atoms with van der Waals surface area (Å²) in [5.74, 6) is 0. The van der Waals surface area contributed by atoms with Crippen LogP contribution in [-0.2, 0) is 0 Å². The van der Waals surface area contributed by atoms with Gasteiger partial charge < -0.3 is 5.73 Å².